The Morgan fingerprint density at radius 2 is 2.05 bits per heavy atom. The van der Waals surface area contributed by atoms with Crippen molar-refractivity contribution in [1.29, 1.82) is 0 Å². The minimum atomic E-state index is -0.220. The van der Waals surface area contributed by atoms with E-state index in [-0.39, 0.29) is 5.54 Å². The molecule has 4 heteroatoms. The molecule has 1 fully saturated rings. The van der Waals surface area contributed by atoms with Gasteiger partial charge in [0.05, 0.1) is 11.2 Å². The van der Waals surface area contributed by atoms with Crippen molar-refractivity contribution in [3.8, 4) is 11.3 Å². The molecule has 1 aliphatic rings. The topological polar surface area (TPSA) is 52.0 Å². The monoisotopic (exact) mass is 290 g/mol. The number of rotatable bonds is 2. The van der Waals surface area contributed by atoms with Crippen molar-refractivity contribution in [3.63, 3.8) is 0 Å². The van der Waals surface area contributed by atoms with Crippen LogP contribution < -0.4 is 5.73 Å². The minimum absolute atomic E-state index is 0.220. The molecule has 2 N–H and O–H groups in total. The normalized spacial score (nSPS) is 26.9. The molecule has 1 aliphatic carbocycles. The summed E-state index contributed by atoms with van der Waals surface area (Å²) in [5.74, 6) is 2.66. The fourth-order valence-electron chi connectivity index (χ4n) is 3.00. The van der Waals surface area contributed by atoms with Crippen LogP contribution in [0.2, 0.25) is 0 Å². The molecule has 20 heavy (non-hydrogen) atoms. The average molecular weight is 290 g/mol. The van der Waals surface area contributed by atoms with Gasteiger partial charge in [-0.05, 0) is 51.5 Å². The Morgan fingerprint density at radius 3 is 2.65 bits per heavy atom. The van der Waals surface area contributed by atoms with E-state index in [1.165, 1.54) is 12.8 Å². The van der Waals surface area contributed by atoms with Gasteiger partial charge in [-0.15, -0.1) is 11.3 Å². The third-order valence-corrected chi connectivity index (χ3v) is 5.48. The summed E-state index contributed by atoms with van der Waals surface area (Å²) in [6.45, 7) is 6.27. The van der Waals surface area contributed by atoms with Gasteiger partial charge in [0.1, 0.15) is 16.5 Å². The Bertz CT molecular complexity index is 606. The van der Waals surface area contributed by atoms with Crippen LogP contribution in [0.3, 0.4) is 0 Å². The van der Waals surface area contributed by atoms with Crippen LogP contribution in [-0.2, 0) is 5.54 Å². The molecular weight excluding hydrogens is 268 g/mol. The number of furan rings is 1. The summed E-state index contributed by atoms with van der Waals surface area (Å²) in [5, 5.41) is 3.19. The summed E-state index contributed by atoms with van der Waals surface area (Å²) in [5.41, 5.74) is 8.48. The van der Waals surface area contributed by atoms with E-state index < -0.39 is 0 Å². The van der Waals surface area contributed by atoms with Crippen molar-refractivity contribution >= 4 is 11.3 Å². The Labute approximate surface area is 124 Å². The lowest BCUT2D eigenvalue weighted by Crippen LogP contribution is -2.40. The number of nitrogens with two attached hydrogens (primary N) is 1. The first-order valence-corrected chi connectivity index (χ1v) is 8.18. The molecule has 3 rings (SSSR count). The number of hydrogen-bond donors (Lipinski definition) is 1. The van der Waals surface area contributed by atoms with E-state index in [2.05, 4.69) is 18.4 Å². The zero-order valence-corrected chi connectivity index (χ0v) is 13.2. The van der Waals surface area contributed by atoms with Crippen LogP contribution in [0, 0.1) is 19.8 Å². The fraction of sp³-hybridized carbons (Fsp3) is 0.562. The predicted octanol–water partition coefficient (Wildman–Crippen LogP) is 4.38. The highest BCUT2D eigenvalue weighted by atomic mass is 32.1. The number of hydrogen-bond acceptors (Lipinski definition) is 4. The smallest absolute Gasteiger partial charge is 0.113 e. The van der Waals surface area contributed by atoms with Crippen molar-refractivity contribution in [3.05, 3.63) is 28.0 Å². The molecule has 0 aliphatic heterocycles. The summed E-state index contributed by atoms with van der Waals surface area (Å²) in [6, 6.07) is 2.06. The van der Waals surface area contributed by atoms with Crippen molar-refractivity contribution in [2.45, 2.75) is 52.0 Å². The molecule has 0 bridgehead atoms. The molecule has 1 saturated carbocycles. The number of thiazole rings is 1. The van der Waals surface area contributed by atoms with Gasteiger partial charge < -0.3 is 10.2 Å². The van der Waals surface area contributed by atoms with E-state index in [0.717, 1.165) is 46.5 Å². The molecule has 0 radical (unpaired) electrons. The van der Waals surface area contributed by atoms with Gasteiger partial charge >= 0.3 is 0 Å². The Morgan fingerprint density at radius 1 is 1.35 bits per heavy atom. The lowest BCUT2D eigenvalue weighted by Gasteiger charge is -2.34. The molecule has 0 saturated heterocycles. The highest BCUT2D eigenvalue weighted by molar-refractivity contribution is 7.10. The Hall–Kier alpha value is -1.13. The first-order chi connectivity index (χ1) is 9.48. The second kappa shape index (κ2) is 5.01. The van der Waals surface area contributed by atoms with E-state index in [0.29, 0.717) is 0 Å². The number of aromatic nitrogens is 1. The van der Waals surface area contributed by atoms with Crippen LogP contribution >= 0.6 is 11.3 Å². The first-order valence-electron chi connectivity index (χ1n) is 7.30. The van der Waals surface area contributed by atoms with E-state index in [1.54, 1.807) is 11.3 Å². The van der Waals surface area contributed by atoms with Gasteiger partial charge in [-0.3, -0.25) is 0 Å². The maximum atomic E-state index is 6.60. The number of nitrogens with zero attached hydrogens (tertiary/aromatic N) is 1. The third kappa shape index (κ3) is 2.42. The molecule has 2 heterocycles. The second-order valence-corrected chi connectivity index (χ2v) is 7.06. The summed E-state index contributed by atoms with van der Waals surface area (Å²) in [7, 11) is 0. The van der Waals surface area contributed by atoms with E-state index in [9.17, 15) is 0 Å². The Balaban J connectivity index is 1.89. The molecule has 0 spiro atoms. The predicted molar refractivity (Wildman–Crippen MR) is 82.8 cm³/mol. The second-order valence-electron chi connectivity index (χ2n) is 6.20. The van der Waals surface area contributed by atoms with Crippen LogP contribution in [-0.4, -0.2) is 4.98 Å². The van der Waals surface area contributed by atoms with E-state index >= 15 is 0 Å². The van der Waals surface area contributed by atoms with Crippen LogP contribution in [0.5, 0.6) is 0 Å². The van der Waals surface area contributed by atoms with Gasteiger partial charge in [0, 0.05) is 10.9 Å². The molecule has 3 nitrogen and oxygen atoms in total. The van der Waals surface area contributed by atoms with Gasteiger partial charge in [-0.2, -0.15) is 0 Å². The van der Waals surface area contributed by atoms with Gasteiger partial charge in [0.2, 0.25) is 0 Å². The molecular formula is C16H22N2OS. The standard InChI is InChI=1S/C16H22N2OS/c1-10-4-6-16(17,7-5-10)15-18-14(9-20-15)13-8-11(2)19-12(13)3/h8-10H,4-7,17H2,1-3H3. The SMILES string of the molecule is Cc1cc(-c2csc(C3(N)CCC(C)CC3)n2)c(C)o1. The van der Waals surface area contributed by atoms with Crippen molar-refractivity contribution in [2.75, 3.05) is 0 Å². The molecule has 0 aromatic carbocycles. The summed E-state index contributed by atoms with van der Waals surface area (Å²) in [4.78, 5) is 4.81. The largest absolute Gasteiger partial charge is 0.466 e. The molecule has 2 aromatic heterocycles. The first kappa shape index (κ1) is 13.8. The zero-order chi connectivity index (χ0) is 14.3. The maximum Gasteiger partial charge on any atom is 0.113 e. The quantitative estimate of drug-likeness (QED) is 0.892. The Kier molecular flexibility index (Phi) is 3.46. The molecule has 108 valence electrons. The van der Waals surface area contributed by atoms with Crippen molar-refractivity contribution < 1.29 is 4.42 Å². The fourth-order valence-corrected chi connectivity index (χ4v) is 4.00. The molecule has 2 aromatic rings. The summed E-state index contributed by atoms with van der Waals surface area (Å²) >= 11 is 1.69. The highest BCUT2D eigenvalue weighted by Gasteiger charge is 2.34. The van der Waals surface area contributed by atoms with Crippen LogP contribution in [0.1, 0.15) is 49.1 Å². The summed E-state index contributed by atoms with van der Waals surface area (Å²) in [6.07, 6.45) is 4.50. The van der Waals surface area contributed by atoms with Gasteiger partial charge in [-0.1, -0.05) is 6.92 Å². The van der Waals surface area contributed by atoms with E-state index in [4.69, 9.17) is 15.1 Å². The van der Waals surface area contributed by atoms with Gasteiger partial charge in [-0.25, -0.2) is 4.98 Å². The van der Waals surface area contributed by atoms with E-state index in [1.807, 2.05) is 13.8 Å². The van der Waals surface area contributed by atoms with Crippen LogP contribution in [0.25, 0.3) is 11.3 Å². The molecule has 0 unspecified atom stereocenters. The van der Waals surface area contributed by atoms with Gasteiger partial charge in [0.25, 0.3) is 0 Å². The van der Waals surface area contributed by atoms with Gasteiger partial charge in [0.15, 0.2) is 0 Å². The number of aryl methyl sites for hydroxylation is 2. The third-order valence-electron chi connectivity index (χ3n) is 4.41. The molecule has 0 atom stereocenters. The van der Waals surface area contributed by atoms with Crippen molar-refractivity contribution in [1.82, 2.24) is 4.98 Å². The highest BCUT2D eigenvalue weighted by Crippen LogP contribution is 2.40. The van der Waals surface area contributed by atoms with Crippen LogP contribution in [0.15, 0.2) is 15.9 Å². The minimum Gasteiger partial charge on any atom is -0.466 e. The average Bonchev–Trinajstić information content (AvgIpc) is 3.00. The lowest BCUT2D eigenvalue weighted by atomic mass is 9.78. The van der Waals surface area contributed by atoms with Crippen LogP contribution in [0.4, 0.5) is 0 Å². The molecule has 0 amide bonds. The zero-order valence-electron chi connectivity index (χ0n) is 12.4. The lowest BCUT2D eigenvalue weighted by molar-refractivity contribution is 0.247. The maximum absolute atomic E-state index is 6.60. The summed E-state index contributed by atoms with van der Waals surface area (Å²) < 4.78 is 5.60. The van der Waals surface area contributed by atoms with Crippen molar-refractivity contribution in [2.24, 2.45) is 11.7 Å².